The number of carbonyl (C=O) groups is 1. The van der Waals surface area contributed by atoms with Crippen LogP contribution >= 0.6 is 34.7 Å². The molecule has 138 valence electrons. The van der Waals surface area contributed by atoms with Crippen LogP contribution in [0.15, 0.2) is 48.5 Å². The van der Waals surface area contributed by atoms with Crippen LogP contribution in [0.2, 0.25) is 5.02 Å². The molecule has 0 bridgehead atoms. The molecular formula is C20H18ClN3OS2. The van der Waals surface area contributed by atoms with Crippen molar-refractivity contribution in [2.75, 3.05) is 12.0 Å². The third kappa shape index (κ3) is 3.70. The molecule has 0 aliphatic heterocycles. The summed E-state index contributed by atoms with van der Waals surface area (Å²) in [5, 5.41) is 4.56. The SMILES string of the molecule is CSCCC(NC(=O)c1sc2ccccc2c1Cl)c1nc2ccccc2[nH]1. The molecule has 2 N–H and O–H groups in total. The maximum absolute atomic E-state index is 13.0. The smallest absolute Gasteiger partial charge is 0.263 e. The number of aromatic nitrogens is 2. The highest BCUT2D eigenvalue weighted by molar-refractivity contribution is 7.98. The minimum atomic E-state index is -0.196. The molecule has 0 fully saturated rings. The number of para-hydroxylation sites is 2. The number of imidazole rings is 1. The van der Waals surface area contributed by atoms with Gasteiger partial charge in [-0.3, -0.25) is 4.79 Å². The van der Waals surface area contributed by atoms with Crippen LogP contribution in [0.4, 0.5) is 0 Å². The zero-order valence-corrected chi connectivity index (χ0v) is 17.0. The van der Waals surface area contributed by atoms with E-state index in [1.807, 2.05) is 48.5 Å². The van der Waals surface area contributed by atoms with Crippen LogP contribution in [-0.2, 0) is 0 Å². The van der Waals surface area contributed by atoms with Gasteiger partial charge in [-0.15, -0.1) is 11.3 Å². The first kappa shape index (κ1) is 18.3. The molecule has 2 aromatic heterocycles. The largest absolute Gasteiger partial charge is 0.341 e. The van der Waals surface area contributed by atoms with Crippen LogP contribution in [0.25, 0.3) is 21.1 Å². The fourth-order valence-corrected chi connectivity index (χ4v) is 4.93. The Labute approximate surface area is 170 Å². The molecule has 0 radical (unpaired) electrons. The highest BCUT2D eigenvalue weighted by Gasteiger charge is 2.22. The molecule has 4 aromatic rings. The van der Waals surface area contributed by atoms with E-state index in [0.29, 0.717) is 9.90 Å². The second kappa shape index (κ2) is 7.92. The van der Waals surface area contributed by atoms with Crippen molar-refractivity contribution in [1.82, 2.24) is 15.3 Å². The molecule has 27 heavy (non-hydrogen) atoms. The van der Waals surface area contributed by atoms with Crippen LogP contribution in [-0.4, -0.2) is 27.9 Å². The van der Waals surface area contributed by atoms with Gasteiger partial charge in [0.15, 0.2) is 0 Å². The van der Waals surface area contributed by atoms with Crippen LogP contribution in [0, 0.1) is 0 Å². The van der Waals surface area contributed by atoms with Gasteiger partial charge >= 0.3 is 0 Å². The Morgan fingerprint density at radius 1 is 1.26 bits per heavy atom. The van der Waals surface area contributed by atoms with Crippen molar-refractivity contribution in [2.24, 2.45) is 0 Å². The van der Waals surface area contributed by atoms with Crippen molar-refractivity contribution in [1.29, 1.82) is 0 Å². The van der Waals surface area contributed by atoms with Gasteiger partial charge in [0.1, 0.15) is 10.7 Å². The third-order valence-corrected chi connectivity index (χ3v) is 6.71. The van der Waals surface area contributed by atoms with Gasteiger partial charge in [0.05, 0.1) is 22.1 Å². The Hall–Kier alpha value is -2.02. The highest BCUT2D eigenvalue weighted by atomic mass is 35.5. The lowest BCUT2D eigenvalue weighted by molar-refractivity contribution is 0.0938. The van der Waals surface area contributed by atoms with Gasteiger partial charge in [0.25, 0.3) is 5.91 Å². The molecule has 7 heteroatoms. The number of hydrogen-bond donors (Lipinski definition) is 2. The number of nitrogens with one attached hydrogen (secondary N) is 2. The average molecular weight is 416 g/mol. The Bertz CT molecular complexity index is 1070. The standard InChI is InChI=1S/C20H18ClN3OS2/c1-26-11-10-15(19-22-13-7-3-4-8-14(13)23-19)24-20(25)18-17(21)12-6-2-5-9-16(12)27-18/h2-9,15H,10-11H2,1H3,(H,22,23)(H,24,25). The number of carbonyl (C=O) groups excluding carboxylic acids is 1. The lowest BCUT2D eigenvalue weighted by atomic mass is 10.2. The number of H-pyrrole nitrogens is 1. The van der Waals surface area contributed by atoms with Crippen molar-refractivity contribution in [3.8, 4) is 0 Å². The number of rotatable bonds is 6. The van der Waals surface area contributed by atoms with Gasteiger partial charge in [-0.2, -0.15) is 11.8 Å². The Kier molecular flexibility index (Phi) is 5.38. The van der Waals surface area contributed by atoms with Crippen molar-refractivity contribution in [3.63, 3.8) is 0 Å². The Morgan fingerprint density at radius 3 is 2.81 bits per heavy atom. The molecule has 4 rings (SSSR count). The number of benzene rings is 2. The molecule has 1 amide bonds. The fourth-order valence-electron chi connectivity index (χ4n) is 3.03. The van der Waals surface area contributed by atoms with Gasteiger partial charge in [-0.05, 0) is 36.6 Å². The van der Waals surface area contributed by atoms with Gasteiger partial charge in [0, 0.05) is 10.1 Å². The normalized spacial score (nSPS) is 12.5. The summed E-state index contributed by atoms with van der Waals surface area (Å²) in [6, 6.07) is 15.5. The first-order chi connectivity index (χ1) is 13.2. The van der Waals surface area contributed by atoms with E-state index >= 15 is 0 Å². The molecule has 0 spiro atoms. The van der Waals surface area contributed by atoms with Gasteiger partial charge < -0.3 is 10.3 Å². The van der Waals surface area contributed by atoms with E-state index in [9.17, 15) is 4.79 Å². The molecule has 1 atom stereocenters. The van der Waals surface area contributed by atoms with E-state index < -0.39 is 0 Å². The number of fused-ring (bicyclic) bond motifs is 2. The molecule has 0 aliphatic carbocycles. The lowest BCUT2D eigenvalue weighted by Gasteiger charge is -2.16. The summed E-state index contributed by atoms with van der Waals surface area (Å²) in [6.07, 6.45) is 2.84. The summed E-state index contributed by atoms with van der Waals surface area (Å²) in [6.45, 7) is 0. The number of aromatic amines is 1. The Morgan fingerprint density at radius 2 is 2.04 bits per heavy atom. The zero-order chi connectivity index (χ0) is 18.8. The van der Waals surface area contributed by atoms with Crippen molar-refractivity contribution in [2.45, 2.75) is 12.5 Å². The molecule has 0 saturated heterocycles. The average Bonchev–Trinajstić information content (AvgIpc) is 3.26. The van der Waals surface area contributed by atoms with Gasteiger partial charge in [-0.25, -0.2) is 4.98 Å². The molecule has 0 aliphatic rings. The number of amides is 1. The molecule has 0 saturated carbocycles. The number of thiophene rings is 1. The summed E-state index contributed by atoms with van der Waals surface area (Å²) in [5.74, 6) is 1.53. The summed E-state index contributed by atoms with van der Waals surface area (Å²) in [5.41, 5.74) is 1.87. The maximum Gasteiger partial charge on any atom is 0.263 e. The quantitative estimate of drug-likeness (QED) is 0.427. The van der Waals surface area contributed by atoms with E-state index in [1.54, 1.807) is 11.8 Å². The lowest BCUT2D eigenvalue weighted by Crippen LogP contribution is -2.29. The molecule has 2 heterocycles. The van der Waals surface area contributed by atoms with E-state index in [-0.39, 0.29) is 11.9 Å². The van der Waals surface area contributed by atoms with E-state index in [4.69, 9.17) is 11.6 Å². The first-order valence-electron chi connectivity index (χ1n) is 8.59. The van der Waals surface area contributed by atoms with E-state index in [1.165, 1.54) is 11.3 Å². The second-order valence-corrected chi connectivity index (χ2v) is 8.60. The third-order valence-electron chi connectivity index (χ3n) is 4.39. The zero-order valence-electron chi connectivity index (χ0n) is 14.7. The Balaban J connectivity index is 1.64. The molecule has 2 aromatic carbocycles. The number of halogens is 1. The first-order valence-corrected chi connectivity index (χ1v) is 11.2. The topological polar surface area (TPSA) is 57.8 Å². The molecular weight excluding hydrogens is 398 g/mol. The van der Waals surface area contributed by atoms with Crippen LogP contribution in [0.1, 0.15) is 28.0 Å². The number of hydrogen-bond acceptors (Lipinski definition) is 4. The minimum Gasteiger partial charge on any atom is -0.341 e. The predicted octanol–water partition coefficient (Wildman–Crippen LogP) is 5.66. The monoisotopic (exact) mass is 415 g/mol. The highest BCUT2D eigenvalue weighted by Crippen LogP contribution is 2.35. The maximum atomic E-state index is 13.0. The molecule has 1 unspecified atom stereocenters. The fraction of sp³-hybridized carbons (Fsp3) is 0.200. The number of nitrogens with zero attached hydrogens (tertiary/aromatic N) is 1. The summed E-state index contributed by atoms with van der Waals surface area (Å²) in [7, 11) is 0. The molecule has 4 nitrogen and oxygen atoms in total. The minimum absolute atomic E-state index is 0.159. The van der Waals surface area contributed by atoms with E-state index in [0.717, 1.165) is 39.1 Å². The summed E-state index contributed by atoms with van der Waals surface area (Å²) in [4.78, 5) is 21.5. The van der Waals surface area contributed by atoms with Crippen molar-refractivity contribution < 1.29 is 4.79 Å². The van der Waals surface area contributed by atoms with E-state index in [2.05, 4.69) is 21.5 Å². The van der Waals surface area contributed by atoms with Crippen LogP contribution in [0.3, 0.4) is 0 Å². The summed E-state index contributed by atoms with van der Waals surface area (Å²) >= 11 is 9.64. The summed E-state index contributed by atoms with van der Waals surface area (Å²) < 4.78 is 1.01. The van der Waals surface area contributed by atoms with Gasteiger partial charge in [0.2, 0.25) is 0 Å². The van der Waals surface area contributed by atoms with Crippen LogP contribution in [0.5, 0.6) is 0 Å². The van der Waals surface area contributed by atoms with Crippen molar-refractivity contribution in [3.05, 3.63) is 64.3 Å². The van der Waals surface area contributed by atoms with Gasteiger partial charge in [-0.1, -0.05) is 41.9 Å². The van der Waals surface area contributed by atoms with Crippen molar-refractivity contribution >= 4 is 61.7 Å². The predicted molar refractivity (Wildman–Crippen MR) is 116 cm³/mol. The van der Waals surface area contributed by atoms with Crippen LogP contribution < -0.4 is 5.32 Å². The number of thioether (sulfide) groups is 1. The second-order valence-electron chi connectivity index (χ2n) is 6.19.